The van der Waals surface area contributed by atoms with Crippen LogP contribution in [0.1, 0.15) is 36.8 Å². The summed E-state index contributed by atoms with van der Waals surface area (Å²) in [6, 6.07) is 17.3. The third-order valence-electron chi connectivity index (χ3n) is 7.23. The minimum absolute atomic E-state index is 0.0132. The quantitative estimate of drug-likeness (QED) is 0.664. The van der Waals surface area contributed by atoms with Crippen molar-refractivity contribution in [1.82, 2.24) is 10.2 Å². The number of anilines is 1. The maximum absolute atomic E-state index is 13.5. The predicted octanol–water partition coefficient (Wildman–Crippen LogP) is 4.33. The Hall–Kier alpha value is -3.24. The summed E-state index contributed by atoms with van der Waals surface area (Å²) >= 11 is 6.07. The molecule has 2 heterocycles. The van der Waals surface area contributed by atoms with Crippen molar-refractivity contribution in [3.8, 4) is 6.07 Å². The topological polar surface area (TPSA) is 96.7 Å². The summed E-state index contributed by atoms with van der Waals surface area (Å²) in [7, 11) is 0. The van der Waals surface area contributed by atoms with Crippen molar-refractivity contribution in [1.29, 1.82) is 5.26 Å². The maximum Gasteiger partial charge on any atom is 0.404 e. The number of hydrogen-bond donors (Lipinski definition) is 2. The molecule has 0 aromatic heterocycles. The molecule has 0 spiro atoms. The molecule has 2 saturated heterocycles. The molecule has 2 aromatic rings. The van der Waals surface area contributed by atoms with Crippen LogP contribution in [-0.4, -0.2) is 54.7 Å². The van der Waals surface area contributed by atoms with Gasteiger partial charge in [-0.15, -0.1) is 0 Å². The number of halogens is 1. The van der Waals surface area contributed by atoms with Gasteiger partial charge in [0.25, 0.3) is 0 Å². The lowest BCUT2D eigenvalue weighted by molar-refractivity contribution is -0.135. The van der Waals surface area contributed by atoms with Gasteiger partial charge in [0.05, 0.1) is 11.6 Å². The van der Waals surface area contributed by atoms with Gasteiger partial charge in [0.2, 0.25) is 5.91 Å². The van der Waals surface area contributed by atoms with Gasteiger partial charge < -0.3 is 20.2 Å². The van der Waals surface area contributed by atoms with Crippen LogP contribution >= 0.6 is 11.6 Å². The normalized spacial score (nSPS) is 22.9. The van der Waals surface area contributed by atoms with Crippen molar-refractivity contribution in [2.75, 3.05) is 37.6 Å². The number of nitrogens with one attached hydrogen (secondary N) is 1. The van der Waals surface area contributed by atoms with E-state index in [2.05, 4.69) is 16.3 Å². The molecule has 2 atom stereocenters. The average Bonchev–Trinajstić information content (AvgIpc) is 3.20. The van der Waals surface area contributed by atoms with Crippen LogP contribution in [0.4, 0.5) is 10.5 Å². The molecule has 2 aromatic carbocycles. The van der Waals surface area contributed by atoms with E-state index in [0.29, 0.717) is 23.7 Å². The fourth-order valence-electron chi connectivity index (χ4n) is 5.27. The van der Waals surface area contributed by atoms with Gasteiger partial charge in [0.15, 0.2) is 0 Å². The number of benzene rings is 2. The highest BCUT2D eigenvalue weighted by Crippen LogP contribution is 2.43. The fraction of sp³-hybridized carbons (Fsp3) is 0.423. The number of amides is 2. The molecule has 2 fully saturated rings. The zero-order chi connectivity index (χ0) is 24.3. The van der Waals surface area contributed by atoms with Gasteiger partial charge in [-0.25, -0.2) is 4.79 Å². The highest BCUT2D eigenvalue weighted by Gasteiger charge is 2.46. The van der Waals surface area contributed by atoms with E-state index in [1.54, 1.807) is 0 Å². The molecule has 0 radical (unpaired) electrons. The lowest BCUT2D eigenvalue weighted by Crippen LogP contribution is -2.43. The van der Waals surface area contributed by atoms with Gasteiger partial charge in [-0.05, 0) is 54.8 Å². The fourth-order valence-corrected chi connectivity index (χ4v) is 5.39. The van der Waals surface area contributed by atoms with E-state index in [9.17, 15) is 14.7 Å². The van der Waals surface area contributed by atoms with Crippen LogP contribution in [0.25, 0.3) is 0 Å². The summed E-state index contributed by atoms with van der Waals surface area (Å²) in [6.45, 7) is 4.96. The number of likely N-dealkylation sites (tertiary alicyclic amines) is 1. The largest absolute Gasteiger partial charge is 0.465 e. The molecule has 34 heavy (non-hydrogen) atoms. The van der Waals surface area contributed by atoms with E-state index in [0.717, 1.165) is 37.2 Å². The number of nitrogens with zero attached hydrogens (tertiary/aromatic N) is 3. The molecule has 0 unspecified atom stereocenters. The molecule has 0 aliphatic carbocycles. The third-order valence-corrected chi connectivity index (χ3v) is 7.48. The number of carboxylic acid groups (broad SMARTS) is 1. The first-order valence-corrected chi connectivity index (χ1v) is 11.9. The lowest BCUT2D eigenvalue weighted by Gasteiger charge is -2.35. The van der Waals surface area contributed by atoms with E-state index in [4.69, 9.17) is 16.9 Å². The second kappa shape index (κ2) is 9.94. The molecule has 2 aliphatic heterocycles. The smallest absolute Gasteiger partial charge is 0.404 e. The van der Waals surface area contributed by atoms with Crippen LogP contribution in [0.2, 0.25) is 5.02 Å². The molecule has 0 bridgehead atoms. The summed E-state index contributed by atoms with van der Waals surface area (Å²) in [5.41, 5.74) is 2.36. The second-order valence-corrected chi connectivity index (χ2v) is 9.99. The Kier molecular flexibility index (Phi) is 6.99. The molecule has 7 nitrogen and oxygen atoms in total. The Morgan fingerprint density at radius 2 is 1.79 bits per heavy atom. The van der Waals surface area contributed by atoms with Crippen molar-refractivity contribution in [3.05, 3.63) is 64.7 Å². The van der Waals surface area contributed by atoms with Crippen LogP contribution in [0.5, 0.6) is 0 Å². The van der Waals surface area contributed by atoms with Crippen molar-refractivity contribution >= 4 is 29.3 Å². The molecular formula is C26H29ClN4O3. The van der Waals surface area contributed by atoms with Crippen molar-refractivity contribution < 1.29 is 14.7 Å². The van der Waals surface area contributed by atoms with Crippen LogP contribution in [0.3, 0.4) is 0 Å². The molecular weight excluding hydrogens is 452 g/mol. The molecule has 178 valence electrons. The molecule has 0 saturated carbocycles. The zero-order valence-electron chi connectivity index (χ0n) is 19.2. The molecule has 2 aliphatic rings. The minimum Gasteiger partial charge on any atom is -0.465 e. The van der Waals surface area contributed by atoms with Gasteiger partial charge in [0, 0.05) is 60.7 Å². The highest BCUT2D eigenvalue weighted by molar-refractivity contribution is 6.30. The first kappa shape index (κ1) is 23.9. The molecule has 8 heteroatoms. The average molecular weight is 481 g/mol. The summed E-state index contributed by atoms with van der Waals surface area (Å²) in [6.07, 6.45) is 0.479. The van der Waals surface area contributed by atoms with Crippen molar-refractivity contribution in [2.24, 2.45) is 11.3 Å². The van der Waals surface area contributed by atoms with Crippen molar-refractivity contribution in [3.63, 3.8) is 0 Å². The van der Waals surface area contributed by atoms with Gasteiger partial charge in [0.1, 0.15) is 0 Å². The Bertz CT molecular complexity index is 1070. The summed E-state index contributed by atoms with van der Waals surface area (Å²) < 4.78 is 0. The van der Waals surface area contributed by atoms with E-state index in [-0.39, 0.29) is 24.3 Å². The monoisotopic (exact) mass is 480 g/mol. The maximum atomic E-state index is 13.5. The van der Waals surface area contributed by atoms with Crippen LogP contribution in [0.15, 0.2) is 48.5 Å². The summed E-state index contributed by atoms with van der Waals surface area (Å²) in [4.78, 5) is 28.9. The highest BCUT2D eigenvalue weighted by atomic mass is 35.5. The minimum atomic E-state index is -1.06. The Morgan fingerprint density at radius 3 is 2.38 bits per heavy atom. The van der Waals surface area contributed by atoms with Gasteiger partial charge in [-0.3, -0.25) is 4.79 Å². The summed E-state index contributed by atoms with van der Waals surface area (Å²) in [5.74, 6) is 0.118. The second-order valence-electron chi connectivity index (χ2n) is 9.56. The Labute approximate surface area is 204 Å². The standard InChI is InChI=1S/C26H29ClN4O3/c1-26(16-29-25(33)34)17-31(15-23(26)19-4-6-21(27)7-5-19)24(32)20-10-12-30(13-11-20)22-8-2-18(14-28)3-9-22/h2-9,20,23,29H,10-13,15-17H2,1H3,(H,33,34)/t23-,26+/m0/s1. The number of hydrogen-bond acceptors (Lipinski definition) is 4. The van der Waals surface area contributed by atoms with Gasteiger partial charge >= 0.3 is 6.09 Å². The number of rotatable bonds is 5. The molecule has 2 amide bonds. The number of carbonyl (C=O) groups excluding carboxylic acids is 1. The Morgan fingerprint density at radius 1 is 1.15 bits per heavy atom. The van der Waals surface area contributed by atoms with Crippen LogP contribution in [0, 0.1) is 22.7 Å². The number of carbonyl (C=O) groups is 2. The first-order chi connectivity index (χ1) is 16.3. The molecule has 2 N–H and O–H groups in total. The Balaban J connectivity index is 1.43. The van der Waals surface area contributed by atoms with E-state index in [1.807, 2.05) is 60.4 Å². The van der Waals surface area contributed by atoms with E-state index >= 15 is 0 Å². The number of nitriles is 1. The zero-order valence-corrected chi connectivity index (χ0v) is 20.0. The van der Waals surface area contributed by atoms with E-state index < -0.39 is 11.5 Å². The van der Waals surface area contributed by atoms with E-state index in [1.165, 1.54) is 0 Å². The van der Waals surface area contributed by atoms with Crippen LogP contribution < -0.4 is 10.2 Å². The lowest BCUT2D eigenvalue weighted by atomic mass is 9.76. The van der Waals surface area contributed by atoms with Crippen LogP contribution in [-0.2, 0) is 4.79 Å². The van der Waals surface area contributed by atoms with Gasteiger partial charge in [-0.2, -0.15) is 5.26 Å². The first-order valence-electron chi connectivity index (χ1n) is 11.6. The number of piperidine rings is 1. The predicted molar refractivity (Wildman–Crippen MR) is 131 cm³/mol. The van der Waals surface area contributed by atoms with Gasteiger partial charge in [-0.1, -0.05) is 30.7 Å². The molecule has 4 rings (SSSR count). The van der Waals surface area contributed by atoms with Crippen molar-refractivity contribution in [2.45, 2.75) is 25.7 Å². The third kappa shape index (κ3) is 5.13. The SMILES string of the molecule is C[C@@]1(CNC(=O)O)CN(C(=O)C2CCN(c3ccc(C#N)cc3)CC2)C[C@H]1c1ccc(Cl)cc1. The summed E-state index contributed by atoms with van der Waals surface area (Å²) in [5, 5.41) is 21.4.